The van der Waals surface area contributed by atoms with Crippen LogP contribution in [-0.4, -0.2) is 31.1 Å². The molecule has 0 fully saturated rings. The molecular formula is C17H16BrN3O4S. The van der Waals surface area contributed by atoms with Crippen molar-refractivity contribution >= 4 is 45.1 Å². The van der Waals surface area contributed by atoms with Gasteiger partial charge < -0.3 is 9.47 Å². The number of carbonyl (C=O) groups is 2. The molecule has 7 nitrogen and oxygen atoms in total. The molecule has 9 heteroatoms. The number of hydrogen-bond donors (Lipinski definition) is 3. The topological polar surface area (TPSA) is 88.7 Å². The summed E-state index contributed by atoms with van der Waals surface area (Å²) in [6.45, 7) is 0. The van der Waals surface area contributed by atoms with E-state index in [0.717, 1.165) is 0 Å². The minimum atomic E-state index is -0.426. The minimum Gasteiger partial charge on any atom is -0.497 e. The molecule has 0 atom stereocenters. The molecule has 0 heterocycles. The Labute approximate surface area is 164 Å². The summed E-state index contributed by atoms with van der Waals surface area (Å²) < 4.78 is 10.8. The fourth-order valence-corrected chi connectivity index (χ4v) is 2.63. The molecule has 0 saturated heterocycles. The highest BCUT2D eigenvalue weighted by Gasteiger charge is 2.11. The Bertz CT molecular complexity index is 827. The smallest absolute Gasteiger partial charge is 0.269 e. The van der Waals surface area contributed by atoms with Crippen LogP contribution in [-0.2, 0) is 0 Å². The molecular weight excluding hydrogens is 422 g/mol. The van der Waals surface area contributed by atoms with Gasteiger partial charge in [-0.25, -0.2) is 0 Å². The van der Waals surface area contributed by atoms with Gasteiger partial charge in [0, 0.05) is 11.1 Å². The van der Waals surface area contributed by atoms with Gasteiger partial charge in [-0.1, -0.05) is 0 Å². The Morgan fingerprint density at radius 2 is 1.58 bits per heavy atom. The van der Waals surface area contributed by atoms with Crippen molar-refractivity contribution in [2.24, 2.45) is 0 Å². The molecule has 0 spiro atoms. The fraction of sp³-hybridized carbons (Fsp3) is 0.118. The number of methoxy groups -OCH3 is 2. The van der Waals surface area contributed by atoms with Crippen LogP contribution in [0.1, 0.15) is 20.7 Å². The van der Waals surface area contributed by atoms with Gasteiger partial charge >= 0.3 is 0 Å². The van der Waals surface area contributed by atoms with Crippen LogP contribution in [0.3, 0.4) is 0 Å². The van der Waals surface area contributed by atoms with Crippen molar-refractivity contribution in [2.45, 2.75) is 0 Å². The van der Waals surface area contributed by atoms with E-state index >= 15 is 0 Å². The number of hydrazine groups is 1. The number of amides is 2. The Balaban J connectivity index is 1.88. The molecule has 0 bridgehead atoms. The van der Waals surface area contributed by atoms with Crippen LogP contribution in [0, 0.1) is 0 Å². The number of carbonyl (C=O) groups excluding carboxylic acids is 2. The molecule has 3 N–H and O–H groups in total. The summed E-state index contributed by atoms with van der Waals surface area (Å²) in [4.78, 5) is 24.2. The Kier molecular flexibility index (Phi) is 6.93. The third-order valence-electron chi connectivity index (χ3n) is 3.28. The van der Waals surface area contributed by atoms with Gasteiger partial charge in [0.1, 0.15) is 11.5 Å². The molecule has 0 aromatic heterocycles. The quantitative estimate of drug-likeness (QED) is 0.502. The zero-order valence-corrected chi connectivity index (χ0v) is 16.4. The largest absolute Gasteiger partial charge is 0.497 e. The highest BCUT2D eigenvalue weighted by atomic mass is 79.9. The highest BCUT2D eigenvalue weighted by Crippen LogP contribution is 2.25. The van der Waals surface area contributed by atoms with Gasteiger partial charge in [0.05, 0.1) is 18.7 Å². The first-order valence-electron chi connectivity index (χ1n) is 7.34. The van der Waals surface area contributed by atoms with Crippen LogP contribution in [0.15, 0.2) is 46.9 Å². The molecule has 0 aliphatic carbocycles. The van der Waals surface area contributed by atoms with Crippen LogP contribution >= 0.6 is 28.1 Å². The molecule has 2 aromatic carbocycles. The maximum atomic E-state index is 12.2. The fourth-order valence-electron chi connectivity index (χ4n) is 1.94. The van der Waals surface area contributed by atoms with Crippen molar-refractivity contribution in [3.8, 4) is 11.5 Å². The second kappa shape index (κ2) is 9.16. The summed E-state index contributed by atoms with van der Waals surface area (Å²) in [6.07, 6.45) is 0. The Morgan fingerprint density at radius 3 is 2.15 bits per heavy atom. The predicted molar refractivity (Wildman–Crippen MR) is 104 cm³/mol. The third kappa shape index (κ3) is 5.17. The zero-order chi connectivity index (χ0) is 19.1. The molecule has 2 amide bonds. The van der Waals surface area contributed by atoms with Gasteiger partial charge in [-0.15, -0.1) is 0 Å². The molecule has 0 radical (unpaired) electrons. The summed E-state index contributed by atoms with van der Waals surface area (Å²) >= 11 is 8.31. The summed E-state index contributed by atoms with van der Waals surface area (Å²) in [5.74, 6) is 0.415. The van der Waals surface area contributed by atoms with E-state index < -0.39 is 11.8 Å². The van der Waals surface area contributed by atoms with Crippen LogP contribution in [0.25, 0.3) is 0 Å². The average Bonchev–Trinajstić information content (AvgIpc) is 2.66. The van der Waals surface area contributed by atoms with E-state index in [2.05, 4.69) is 32.1 Å². The van der Waals surface area contributed by atoms with Gasteiger partial charge in [-0.05, 0) is 70.6 Å². The van der Waals surface area contributed by atoms with E-state index in [-0.39, 0.29) is 5.11 Å². The lowest BCUT2D eigenvalue weighted by Crippen LogP contribution is -2.48. The monoisotopic (exact) mass is 437 g/mol. The lowest BCUT2D eigenvalue weighted by Gasteiger charge is -2.11. The Hall–Kier alpha value is -2.65. The predicted octanol–water partition coefficient (Wildman–Crippen LogP) is 2.42. The third-order valence-corrected chi connectivity index (χ3v) is 4.11. The molecule has 136 valence electrons. The first-order valence-corrected chi connectivity index (χ1v) is 8.54. The SMILES string of the molecule is COc1ccc(C(=O)NNC(=S)NC(=O)c2ccc(OC)c(Br)c2)cc1. The number of nitrogens with one attached hydrogen (secondary N) is 3. The van der Waals surface area contributed by atoms with Crippen molar-refractivity contribution in [2.75, 3.05) is 14.2 Å². The van der Waals surface area contributed by atoms with E-state index in [1.165, 1.54) is 7.11 Å². The van der Waals surface area contributed by atoms with E-state index in [0.29, 0.717) is 27.1 Å². The lowest BCUT2D eigenvalue weighted by atomic mass is 10.2. The van der Waals surface area contributed by atoms with Gasteiger partial charge in [0.25, 0.3) is 11.8 Å². The molecule has 2 rings (SSSR count). The van der Waals surface area contributed by atoms with Crippen molar-refractivity contribution in [1.29, 1.82) is 0 Å². The molecule has 0 unspecified atom stereocenters. The minimum absolute atomic E-state index is 0.0381. The Morgan fingerprint density at radius 1 is 0.923 bits per heavy atom. The van der Waals surface area contributed by atoms with Crippen molar-refractivity contribution < 1.29 is 19.1 Å². The van der Waals surface area contributed by atoms with Crippen molar-refractivity contribution in [1.82, 2.24) is 16.2 Å². The second-order valence-electron chi connectivity index (χ2n) is 4.94. The lowest BCUT2D eigenvalue weighted by molar-refractivity contribution is 0.0934. The summed E-state index contributed by atoms with van der Waals surface area (Å²) in [7, 11) is 3.07. The number of halogens is 1. The van der Waals surface area contributed by atoms with Crippen molar-refractivity contribution in [3.05, 3.63) is 58.1 Å². The number of rotatable bonds is 4. The first kappa shape index (κ1) is 19.7. The van der Waals surface area contributed by atoms with Gasteiger partial charge in [0.2, 0.25) is 0 Å². The number of ether oxygens (including phenoxy) is 2. The maximum absolute atomic E-state index is 12.2. The molecule has 0 aliphatic heterocycles. The standard InChI is InChI=1S/C17H16BrN3O4S/c1-24-12-6-3-10(4-7-12)16(23)20-21-17(26)19-15(22)11-5-8-14(25-2)13(18)9-11/h3-9H,1-2H3,(H,20,23)(H2,19,21,22,26). The number of benzene rings is 2. The van der Waals surface area contributed by atoms with Gasteiger partial charge in [0.15, 0.2) is 5.11 Å². The molecule has 0 aliphatic rings. The van der Waals surface area contributed by atoms with E-state index in [1.54, 1.807) is 49.6 Å². The first-order chi connectivity index (χ1) is 12.4. The zero-order valence-electron chi connectivity index (χ0n) is 14.0. The van der Waals surface area contributed by atoms with Crippen LogP contribution < -0.4 is 25.6 Å². The van der Waals surface area contributed by atoms with Gasteiger partial charge in [-0.2, -0.15) is 0 Å². The summed E-state index contributed by atoms with van der Waals surface area (Å²) in [5, 5.41) is 2.43. The average molecular weight is 438 g/mol. The van der Waals surface area contributed by atoms with E-state index in [4.69, 9.17) is 21.7 Å². The number of thiocarbonyl (C=S) groups is 1. The molecule has 26 heavy (non-hydrogen) atoms. The number of hydrogen-bond acceptors (Lipinski definition) is 5. The van der Waals surface area contributed by atoms with Crippen LogP contribution in [0.5, 0.6) is 11.5 Å². The van der Waals surface area contributed by atoms with Crippen LogP contribution in [0.2, 0.25) is 0 Å². The molecule has 0 saturated carbocycles. The van der Waals surface area contributed by atoms with E-state index in [1.807, 2.05) is 0 Å². The summed E-state index contributed by atoms with van der Waals surface area (Å²) in [5.41, 5.74) is 5.67. The normalized spacial score (nSPS) is 9.81. The highest BCUT2D eigenvalue weighted by molar-refractivity contribution is 9.10. The molecule has 2 aromatic rings. The summed E-state index contributed by atoms with van der Waals surface area (Å²) in [6, 6.07) is 11.4. The van der Waals surface area contributed by atoms with Gasteiger partial charge in [-0.3, -0.25) is 25.8 Å². The van der Waals surface area contributed by atoms with E-state index in [9.17, 15) is 9.59 Å². The van der Waals surface area contributed by atoms with Crippen molar-refractivity contribution in [3.63, 3.8) is 0 Å². The maximum Gasteiger partial charge on any atom is 0.269 e. The van der Waals surface area contributed by atoms with Crippen LogP contribution in [0.4, 0.5) is 0 Å². The second-order valence-corrected chi connectivity index (χ2v) is 6.20.